The summed E-state index contributed by atoms with van der Waals surface area (Å²) in [6.07, 6.45) is 7.77. The van der Waals surface area contributed by atoms with Crippen LogP contribution in [0.3, 0.4) is 0 Å². The van der Waals surface area contributed by atoms with E-state index in [1.165, 1.54) is 37.7 Å². The molecule has 1 aliphatic rings. The molecule has 0 radical (unpaired) electrons. The monoisotopic (exact) mass is 318 g/mol. The second-order valence-corrected chi connectivity index (χ2v) is 6.27. The topological polar surface area (TPSA) is 17.8 Å². The average Bonchev–Trinajstić information content (AvgIpc) is 2.57. The Morgan fingerprint density at radius 1 is 1.35 bits per heavy atom. The molecule has 0 aromatic carbocycles. The van der Waals surface area contributed by atoms with Gasteiger partial charge in [-0.15, -0.1) is 0 Å². The van der Waals surface area contributed by atoms with Gasteiger partial charge in [0.25, 0.3) is 0 Å². The highest BCUT2D eigenvalue weighted by atomic mass is 79.9. The molecule has 1 aromatic rings. The number of hydrogen-bond donors (Lipinski definition) is 0. The molecule has 0 N–H and O–H groups in total. The fourth-order valence-corrected chi connectivity index (χ4v) is 3.91. The van der Waals surface area contributed by atoms with E-state index in [1.807, 2.05) is 7.05 Å². The van der Waals surface area contributed by atoms with Gasteiger partial charge in [-0.05, 0) is 31.6 Å². The van der Waals surface area contributed by atoms with Crippen molar-refractivity contribution >= 4 is 27.5 Å². The van der Waals surface area contributed by atoms with E-state index in [4.69, 9.17) is 11.6 Å². The Morgan fingerprint density at radius 3 is 2.47 bits per heavy atom. The van der Waals surface area contributed by atoms with Gasteiger partial charge in [-0.2, -0.15) is 5.10 Å². The molecule has 0 spiro atoms. The van der Waals surface area contributed by atoms with Gasteiger partial charge in [-0.3, -0.25) is 4.68 Å². The maximum Gasteiger partial charge on any atom is 0.130 e. The van der Waals surface area contributed by atoms with Crippen molar-refractivity contribution in [2.24, 2.45) is 12.5 Å². The third-order valence-corrected chi connectivity index (χ3v) is 5.68. The first kappa shape index (κ1) is 13.4. The van der Waals surface area contributed by atoms with E-state index in [0.29, 0.717) is 5.41 Å². The van der Waals surface area contributed by atoms with Crippen molar-refractivity contribution in [1.29, 1.82) is 0 Å². The minimum atomic E-state index is 0.398. The Morgan fingerprint density at radius 2 is 2.00 bits per heavy atom. The molecular weight excluding hydrogens is 300 g/mol. The van der Waals surface area contributed by atoms with Crippen LogP contribution < -0.4 is 0 Å². The van der Waals surface area contributed by atoms with Gasteiger partial charge in [0.1, 0.15) is 5.15 Å². The zero-order chi connectivity index (χ0) is 12.5. The molecule has 1 saturated carbocycles. The molecule has 0 atom stereocenters. The summed E-state index contributed by atoms with van der Waals surface area (Å²) in [5.41, 5.74) is 2.73. The fourth-order valence-electron chi connectivity index (χ4n) is 2.91. The molecule has 4 heteroatoms. The summed E-state index contributed by atoms with van der Waals surface area (Å²) in [6.45, 7) is 2.06. The zero-order valence-electron chi connectivity index (χ0n) is 10.6. The van der Waals surface area contributed by atoms with Crippen LogP contribution in [0.5, 0.6) is 0 Å². The minimum absolute atomic E-state index is 0.398. The van der Waals surface area contributed by atoms with Crippen molar-refractivity contribution in [1.82, 2.24) is 9.78 Å². The summed E-state index contributed by atoms with van der Waals surface area (Å²) < 4.78 is 1.79. The molecule has 1 aromatic heterocycles. The molecular formula is C13H20BrClN2. The quantitative estimate of drug-likeness (QED) is 0.761. The van der Waals surface area contributed by atoms with Gasteiger partial charge in [0.15, 0.2) is 0 Å². The fraction of sp³-hybridized carbons (Fsp3) is 0.769. The van der Waals surface area contributed by atoms with E-state index in [-0.39, 0.29) is 0 Å². The Hall–Kier alpha value is -0.0200. The van der Waals surface area contributed by atoms with E-state index in [1.54, 1.807) is 4.68 Å². The minimum Gasteiger partial charge on any atom is -0.257 e. The van der Waals surface area contributed by atoms with E-state index in [0.717, 1.165) is 22.6 Å². The van der Waals surface area contributed by atoms with Gasteiger partial charge in [-0.25, -0.2) is 0 Å². The number of rotatable bonds is 3. The van der Waals surface area contributed by atoms with E-state index < -0.39 is 0 Å². The summed E-state index contributed by atoms with van der Waals surface area (Å²) in [6, 6.07) is 0. The van der Waals surface area contributed by atoms with Crippen LogP contribution in [0.25, 0.3) is 0 Å². The average molecular weight is 320 g/mol. The lowest BCUT2D eigenvalue weighted by Gasteiger charge is -2.35. The Bertz CT molecular complexity index is 394. The molecule has 0 aliphatic heterocycles. The summed E-state index contributed by atoms with van der Waals surface area (Å²) in [5, 5.41) is 6.30. The van der Waals surface area contributed by atoms with Gasteiger partial charge in [-0.1, -0.05) is 46.8 Å². The highest BCUT2D eigenvalue weighted by Gasteiger charge is 2.33. The van der Waals surface area contributed by atoms with Crippen molar-refractivity contribution in [3.05, 3.63) is 16.4 Å². The smallest absolute Gasteiger partial charge is 0.130 e. The van der Waals surface area contributed by atoms with Crippen LogP contribution >= 0.6 is 27.5 Å². The van der Waals surface area contributed by atoms with Crippen LogP contribution in [-0.2, 0) is 13.5 Å². The lowest BCUT2D eigenvalue weighted by Crippen LogP contribution is -2.28. The first-order valence-electron chi connectivity index (χ1n) is 6.32. The number of aromatic nitrogens is 2. The number of aryl methyl sites for hydroxylation is 2. The van der Waals surface area contributed by atoms with Crippen LogP contribution in [0.1, 0.15) is 43.4 Å². The molecule has 2 nitrogen and oxygen atoms in total. The van der Waals surface area contributed by atoms with E-state index >= 15 is 0 Å². The van der Waals surface area contributed by atoms with Crippen LogP contribution in [0.4, 0.5) is 0 Å². The number of alkyl halides is 1. The molecule has 0 bridgehead atoms. The normalized spacial score (nSPS) is 19.5. The summed E-state index contributed by atoms with van der Waals surface area (Å²) in [7, 11) is 1.92. The number of nitrogens with zero attached hydrogens (tertiary/aromatic N) is 2. The third kappa shape index (κ3) is 2.70. The molecule has 96 valence electrons. The largest absolute Gasteiger partial charge is 0.257 e. The molecule has 1 heterocycles. The molecule has 2 rings (SSSR count). The summed E-state index contributed by atoms with van der Waals surface area (Å²) in [5.74, 6) is 0. The van der Waals surface area contributed by atoms with Crippen LogP contribution in [0, 0.1) is 12.3 Å². The van der Waals surface area contributed by atoms with Crippen molar-refractivity contribution < 1.29 is 0 Å². The summed E-state index contributed by atoms with van der Waals surface area (Å²) >= 11 is 10.0. The molecule has 0 saturated heterocycles. The first-order chi connectivity index (χ1) is 8.08. The maximum atomic E-state index is 6.34. The second-order valence-electron chi connectivity index (χ2n) is 5.35. The van der Waals surface area contributed by atoms with Gasteiger partial charge < -0.3 is 0 Å². The molecule has 0 amide bonds. The molecule has 17 heavy (non-hydrogen) atoms. The number of halogens is 2. The Balaban J connectivity index is 2.23. The summed E-state index contributed by atoms with van der Waals surface area (Å²) in [4.78, 5) is 0. The van der Waals surface area contributed by atoms with Crippen molar-refractivity contribution in [2.75, 3.05) is 5.33 Å². The van der Waals surface area contributed by atoms with E-state index in [2.05, 4.69) is 28.0 Å². The van der Waals surface area contributed by atoms with Gasteiger partial charge >= 0.3 is 0 Å². The third-order valence-electron chi connectivity index (χ3n) is 4.02. The van der Waals surface area contributed by atoms with Crippen molar-refractivity contribution in [3.8, 4) is 0 Å². The van der Waals surface area contributed by atoms with Crippen LogP contribution in [-0.4, -0.2) is 15.1 Å². The Labute approximate surface area is 117 Å². The molecule has 0 unspecified atom stereocenters. The highest BCUT2D eigenvalue weighted by Crippen LogP contribution is 2.42. The van der Waals surface area contributed by atoms with Crippen molar-refractivity contribution in [2.45, 2.75) is 45.4 Å². The SMILES string of the molecule is Cc1nn(C)c(Cl)c1CC1(CBr)CCCCC1. The molecule has 1 fully saturated rings. The standard InChI is InChI=1S/C13H20BrClN2/c1-10-11(12(15)17(2)16-10)8-13(9-14)6-4-3-5-7-13/h3-9H2,1-2H3. The van der Waals surface area contributed by atoms with Gasteiger partial charge in [0.2, 0.25) is 0 Å². The van der Waals surface area contributed by atoms with Crippen LogP contribution in [0.2, 0.25) is 5.15 Å². The van der Waals surface area contributed by atoms with Crippen LogP contribution in [0.15, 0.2) is 0 Å². The predicted molar refractivity (Wildman–Crippen MR) is 76.0 cm³/mol. The highest BCUT2D eigenvalue weighted by molar-refractivity contribution is 9.09. The predicted octanol–water partition coefficient (Wildman–Crippen LogP) is 4.27. The van der Waals surface area contributed by atoms with E-state index in [9.17, 15) is 0 Å². The Kier molecular flexibility index (Phi) is 4.19. The van der Waals surface area contributed by atoms with Crippen molar-refractivity contribution in [3.63, 3.8) is 0 Å². The van der Waals surface area contributed by atoms with Gasteiger partial charge in [0, 0.05) is 17.9 Å². The number of hydrogen-bond acceptors (Lipinski definition) is 1. The second kappa shape index (κ2) is 5.31. The molecule has 1 aliphatic carbocycles. The first-order valence-corrected chi connectivity index (χ1v) is 7.82. The lowest BCUT2D eigenvalue weighted by atomic mass is 9.72. The zero-order valence-corrected chi connectivity index (χ0v) is 12.9. The lowest BCUT2D eigenvalue weighted by molar-refractivity contribution is 0.223. The maximum absolute atomic E-state index is 6.34. The van der Waals surface area contributed by atoms with Gasteiger partial charge in [0.05, 0.1) is 5.69 Å².